The van der Waals surface area contributed by atoms with Gasteiger partial charge in [-0.05, 0) is 30.2 Å². The van der Waals surface area contributed by atoms with Crippen molar-refractivity contribution in [1.29, 1.82) is 0 Å². The zero-order valence-corrected chi connectivity index (χ0v) is 18.6. The highest BCUT2D eigenvalue weighted by Gasteiger charge is 2.19. The average Bonchev–Trinajstić information content (AvgIpc) is 3.21. The Morgan fingerprint density at radius 1 is 1.31 bits per heavy atom. The molecule has 0 fully saturated rings. The summed E-state index contributed by atoms with van der Waals surface area (Å²) in [5, 5.41) is 7.80. The predicted octanol–water partition coefficient (Wildman–Crippen LogP) is 3.74. The van der Waals surface area contributed by atoms with Crippen molar-refractivity contribution in [2.24, 2.45) is 5.14 Å². The van der Waals surface area contributed by atoms with E-state index in [1.54, 1.807) is 29.3 Å². The van der Waals surface area contributed by atoms with Crippen LogP contribution in [-0.4, -0.2) is 18.4 Å². The standard InChI is InChI=1S/C19H14ClFN4O5S2/c1-9-11-7-13(20)15(30-19-24-4-5-31-19)8-14(11)29-18(26)12(9)6-10-2-3-23-17(16(10)21)25-32(22,27)28/h2-5,7-8H,6H2,1H3,(H,23,25)(H2,22,27,28). The molecule has 4 aromatic rings. The third-order valence-electron chi connectivity index (χ3n) is 4.52. The van der Waals surface area contributed by atoms with E-state index in [2.05, 4.69) is 9.97 Å². The highest BCUT2D eigenvalue weighted by Crippen LogP contribution is 2.35. The highest BCUT2D eigenvalue weighted by atomic mass is 35.5. The van der Waals surface area contributed by atoms with Crippen molar-refractivity contribution >= 4 is 49.9 Å². The van der Waals surface area contributed by atoms with E-state index in [9.17, 15) is 17.6 Å². The maximum absolute atomic E-state index is 14.7. The number of benzene rings is 1. The van der Waals surface area contributed by atoms with Gasteiger partial charge in [0, 0.05) is 41.2 Å². The lowest BCUT2D eigenvalue weighted by molar-refractivity contribution is 0.476. The zero-order valence-electron chi connectivity index (χ0n) is 16.3. The van der Waals surface area contributed by atoms with Gasteiger partial charge < -0.3 is 9.15 Å². The smallest absolute Gasteiger partial charge is 0.340 e. The van der Waals surface area contributed by atoms with Crippen molar-refractivity contribution in [3.63, 3.8) is 0 Å². The molecule has 4 rings (SSSR count). The van der Waals surface area contributed by atoms with Gasteiger partial charge in [0.1, 0.15) is 5.58 Å². The van der Waals surface area contributed by atoms with Crippen LogP contribution in [0, 0.1) is 12.7 Å². The molecule has 0 aliphatic rings. The van der Waals surface area contributed by atoms with Gasteiger partial charge in [-0.15, -0.1) is 0 Å². The van der Waals surface area contributed by atoms with Gasteiger partial charge in [0.05, 0.1) is 5.02 Å². The van der Waals surface area contributed by atoms with Crippen LogP contribution in [-0.2, 0) is 16.6 Å². The fraction of sp³-hybridized carbons (Fsp3) is 0.105. The molecule has 3 aromatic heterocycles. The van der Waals surface area contributed by atoms with Gasteiger partial charge >= 0.3 is 5.63 Å². The monoisotopic (exact) mass is 496 g/mol. The summed E-state index contributed by atoms with van der Waals surface area (Å²) in [7, 11) is -4.23. The molecule has 0 aliphatic carbocycles. The van der Waals surface area contributed by atoms with Crippen LogP contribution in [0.15, 0.2) is 45.2 Å². The Balaban J connectivity index is 1.75. The molecular formula is C19H14ClFN4O5S2. The third-order valence-corrected chi connectivity index (χ3v) is 5.94. The number of anilines is 1. The van der Waals surface area contributed by atoms with Gasteiger partial charge in [-0.2, -0.15) is 8.42 Å². The quantitative estimate of drug-likeness (QED) is 0.388. The van der Waals surface area contributed by atoms with E-state index < -0.39 is 27.5 Å². The molecule has 0 saturated carbocycles. The molecule has 0 aliphatic heterocycles. The fourth-order valence-electron chi connectivity index (χ4n) is 3.04. The van der Waals surface area contributed by atoms with Crippen LogP contribution in [0.3, 0.4) is 0 Å². The SMILES string of the molecule is Cc1c(Cc2ccnc(NS(N)(=O)=O)c2F)c(=O)oc2cc(Oc3nccs3)c(Cl)cc12. The number of fused-ring (bicyclic) bond motifs is 1. The minimum Gasteiger partial charge on any atom is -0.429 e. The zero-order chi connectivity index (χ0) is 23.0. The van der Waals surface area contributed by atoms with Crippen LogP contribution in [0.25, 0.3) is 11.0 Å². The molecule has 3 heterocycles. The van der Waals surface area contributed by atoms with Gasteiger partial charge in [0.15, 0.2) is 17.4 Å². The molecule has 1 aromatic carbocycles. The molecule has 0 radical (unpaired) electrons. The van der Waals surface area contributed by atoms with Gasteiger partial charge in [-0.25, -0.2) is 24.3 Å². The van der Waals surface area contributed by atoms with Crippen LogP contribution in [0.1, 0.15) is 16.7 Å². The van der Waals surface area contributed by atoms with E-state index in [1.165, 1.54) is 29.7 Å². The van der Waals surface area contributed by atoms with Crippen LogP contribution in [0.2, 0.25) is 5.02 Å². The number of thiazole rings is 1. The number of hydrogen-bond acceptors (Lipinski definition) is 8. The first kappa shape index (κ1) is 22.1. The summed E-state index contributed by atoms with van der Waals surface area (Å²) in [6.45, 7) is 1.68. The predicted molar refractivity (Wildman–Crippen MR) is 118 cm³/mol. The Labute approximate surface area is 189 Å². The number of pyridine rings is 1. The topological polar surface area (TPSA) is 137 Å². The van der Waals surface area contributed by atoms with Gasteiger partial charge in [0.2, 0.25) is 0 Å². The summed E-state index contributed by atoms with van der Waals surface area (Å²) in [6.07, 6.45) is 2.60. The lowest BCUT2D eigenvalue weighted by Crippen LogP contribution is -2.23. The van der Waals surface area contributed by atoms with Gasteiger partial charge in [0.25, 0.3) is 15.4 Å². The van der Waals surface area contributed by atoms with Crippen LogP contribution < -0.4 is 20.2 Å². The molecule has 13 heteroatoms. The summed E-state index contributed by atoms with van der Waals surface area (Å²) in [4.78, 5) is 20.3. The maximum Gasteiger partial charge on any atom is 0.340 e. The first-order valence-corrected chi connectivity index (χ1v) is 11.7. The molecule has 0 saturated heterocycles. The van der Waals surface area contributed by atoms with Gasteiger partial charge in [-0.1, -0.05) is 22.9 Å². The number of halogens is 2. The maximum atomic E-state index is 14.7. The molecule has 166 valence electrons. The third kappa shape index (κ3) is 4.58. The number of ether oxygens (including phenoxy) is 1. The van der Waals surface area contributed by atoms with E-state index in [-0.39, 0.29) is 33.9 Å². The molecule has 0 amide bonds. The van der Waals surface area contributed by atoms with Crippen molar-refractivity contribution in [1.82, 2.24) is 9.97 Å². The van der Waals surface area contributed by atoms with Crippen molar-refractivity contribution in [2.45, 2.75) is 13.3 Å². The summed E-state index contributed by atoms with van der Waals surface area (Å²) < 4.78 is 50.0. The van der Waals surface area contributed by atoms with Crippen LogP contribution in [0.4, 0.5) is 10.2 Å². The van der Waals surface area contributed by atoms with E-state index >= 15 is 0 Å². The second-order valence-electron chi connectivity index (χ2n) is 6.63. The van der Waals surface area contributed by atoms with E-state index in [0.29, 0.717) is 16.1 Å². The molecule has 0 spiro atoms. The first-order valence-electron chi connectivity index (χ1n) is 8.89. The van der Waals surface area contributed by atoms with Crippen molar-refractivity contribution < 1.29 is 22.0 Å². The first-order chi connectivity index (χ1) is 15.1. The normalized spacial score (nSPS) is 11.6. The summed E-state index contributed by atoms with van der Waals surface area (Å²) in [5.74, 6) is -1.26. The number of rotatable bonds is 6. The molecule has 32 heavy (non-hydrogen) atoms. The van der Waals surface area contributed by atoms with Crippen molar-refractivity contribution in [2.75, 3.05) is 4.72 Å². The van der Waals surface area contributed by atoms with Crippen LogP contribution in [0.5, 0.6) is 10.9 Å². The second kappa shape index (κ2) is 8.47. The number of hydrogen-bond donors (Lipinski definition) is 2. The Morgan fingerprint density at radius 3 is 2.78 bits per heavy atom. The average molecular weight is 497 g/mol. The second-order valence-corrected chi connectivity index (χ2v) is 9.19. The van der Waals surface area contributed by atoms with Crippen molar-refractivity contribution in [3.8, 4) is 10.9 Å². The number of aromatic nitrogens is 2. The molecule has 0 atom stereocenters. The lowest BCUT2D eigenvalue weighted by Gasteiger charge is -2.12. The molecule has 9 nitrogen and oxygen atoms in total. The number of nitrogens with zero attached hydrogens (tertiary/aromatic N) is 2. The Bertz CT molecular complexity index is 1490. The molecule has 0 bridgehead atoms. The summed E-state index contributed by atoms with van der Waals surface area (Å²) >= 11 is 7.61. The summed E-state index contributed by atoms with van der Waals surface area (Å²) in [5.41, 5.74) is 0.273. The largest absolute Gasteiger partial charge is 0.429 e. The number of nitrogens with one attached hydrogen (secondary N) is 1. The Hall–Kier alpha value is -3.06. The molecular weight excluding hydrogens is 483 g/mol. The van der Waals surface area contributed by atoms with E-state index in [4.69, 9.17) is 25.9 Å². The van der Waals surface area contributed by atoms with Gasteiger partial charge in [-0.3, -0.25) is 4.72 Å². The molecule has 0 unspecified atom stereocenters. The minimum atomic E-state index is -4.23. The fourth-order valence-corrected chi connectivity index (χ4v) is 4.16. The lowest BCUT2D eigenvalue weighted by atomic mass is 10.00. The molecule has 3 N–H and O–H groups in total. The summed E-state index contributed by atoms with van der Waals surface area (Å²) in [6, 6.07) is 4.39. The van der Waals surface area contributed by atoms with E-state index in [1.807, 2.05) is 0 Å². The number of nitrogens with two attached hydrogens (primary N) is 1. The minimum absolute atomic E-state index is 0.0238. The van der Waals surface area contributed by atoms with Crippen molar-refractivity contribution in [3.05, 3.63) is 73.9 Å². The van der Waals surface area contributed by atoms with E-state index in [0.717, 1.165) is 0 Å². The highest BCUT2D eigenvalue weighted by molar-refractivity contribution is 7.90. The Kier molecular flexibility index (Phi) is 5.86. The number of aryl methyl sites for hydroxylation is 1. The Morgan fingerprint density at radius 2 is 2.09 bits per heavy atom. The van der Waals surface area contributed by atoms with Crippen LogP contribution >= 0.6 is 22.9 Å².